The van der Waals surface area contributed by atoms with Gasteiger partial charge in [-0.05, 0) is 48.9 Å². The minimum atomic E-state index is -0.363. The molecule has 2 aromatic heterocycles. The Balaban J connectivity index is 1.28. The molecule has 0 fully saturated rings. The highest BCUT2D eigenvalue weighted by Crippen LogP contribution is 2.19. The van der Waals surface area contributed by atoms with E-state index in [1.54, 1.807) is 48.9 Å². The molecule has 0 aliphatic rings. The lowest BCUT2D eigenvalue weighted by Gasteiger charge is -2.15. The van der Waals surface area contributed by atoms with Crippen molar-refractivity contribution in [2.24, 2.45) is 0 Å². The summed E-state index contributed by atoms with van der Waals surface area (Å²) in [7, 11) is 0. The molecule has 2 heterocycles. The molecular formula is C24H22N4O4. The number of nitrogens with zero attached hydrogens (tertiary/aromatic N) is 2. The fourth-order valence-corrected chi connectivity index (χ4v) is 3.13. The van der Waals surface area contributed by atoms with E-state index in [-0.39, 0.29) is 30.2 Å². The van der Waals surface area contributed by atoms with E-state index in [4.69, 9.17) is 9.15 Å². The van der Waals surface area contributed by atoms with E-state index in [9.17, 15) is 9.59 Å². The van der Waals surface area contributed by atoms with E-state index in [0.717, 1.165) is 11.3 Å². The highest BCUT2D eigenvalue weighted by molar-refractivity contribution is 6.02. The molecule has 0 saturated heterocycles. The number of carbonyl (C=O) groups is 2. The number of nitrogens with one attached hydrogen (secondary N) is 2. The number of benzene rings is 2. The van der Waals surface area contributed by atoms with Crippen molar-refractivity contribution in [2.45, 2.75) is 13.0 Å². The van der Waals surface area contributed by atoms with Crippen LogP contribution < -0.4 is 15.4 Å². The second kappa shape index (κ2) is 9.65. The molecule has 0 saturated carbocycles. The highest BCUT2D eigenvalue weighted by atomic mass is 16.5. The quantitative estimate of drug-likeness (QED) is 0.441. The Morgan fingerprint density at radius 1 is 1.12 bits per heavy atom. The summed E-state index contributed by atoms with van der Waals surface area (Å²) in [6, 6.07) is 17.7. The van der Waals surface area contributed by atoms with Gasteiger partial charge in [-0.15, -0.1) is 0 Å². The molecule has 4 aromatic rings. The fourth-order valence-electron chi connectivity index (χ4n) is 3.13. The summed E-state index contributed by atoms with van der Waals surface area (Å²) in [5.74, 6) is 0.0662. The number of furan rings is 1. The molecule has 0 aliphatic heterocycles. The van der Waals surface area contributed by atoms with Gasteiger partial charge in [0.2, 0.25) is 0 Å². The normalized spacial score (nSPS) is 11.5. The average molecular weight is 430 g/mol. The van der Waals surface area contributed by atoms with E-state index in [0.29, 0.717) is 11.4 Å². The minimum Gasteiger partial charge on any atom is -0.484 e. The first-order valence-electron chi connectivity index (χ1n) is 10.0. The van der Waals surface area contributed by atoms with Crippen molar-refractivity contribution in [3.63, 3.8) is 0 Å². The van der Waals surface area contributed by atoms with Crippen molar-refractivity contribution in [1.82, 2.24) is 14.9 Å². The van der Waals surface area contributed by atoms with Gasteiger partial charge in [0.1, 0.15) is 5.75 Å². The smallest absolute Gasteiger partial charge is 0.291 e. The van der Waals surface area contributed by atoms with Crippen LogP contribution in [0.4, 0.5) is 5.69 Å². The Labute approximate surface area is 184 Å². The first-order valence-corrected chi connectivity index (χ1v) is 10.0. The number of hydrogen-bond acceptors (Lipinski definition) is 5. The number of carbonyl (C=O) groups excluding carboxylic acids is 2. The maximum absolute atomic E-state index is 12.3. The lowest BCUT2D eigenvalue weighted by Crippen LogP contribution is -2.31. The van der Waals surface area contributed by atoms with Crippen LogP contribution in [0.3, 0.4) is 0 Å². The Morgan fingerprint density at radius 2 is 1.97 bits per heavy atom. The summed E-state index contributed by atoms with van der Waals surface area (Å²) in [6.45, 7) is 1.77. The fraction of sp³-hybridized carbons (Fsp3) is 0.125. The number of amides is 2. The van der Waals surface area contributed by atoms with Crippen molar-refractivity contribution in [3.8, 4) is 11.4 Å². The second-order valence-electron chi connectivity index (χ2n) is 7.10. The predicted octanol–water partition coefficient (Wildman–Crippen LogP) is 3.97. The molecular weight excluding hydrogens is 408 g/mol. The standard InChI is InChI=1S/C24H22N4O4/c1-17(18-7-9-20(10-8-18)28-12-11-25-16-28)26-23(29)15-32-21-5-2-4-19(14-21)27-24(30)22-6-3-13-31-22/h2-14,16-17H,15H2,1H3,(H,26,29)(H,27,30). The van der Waals surface area contributed by atoms with Crippen LogP contribution in [-0.4, -0.2) is 28.0 Å². The van der Waals surface area contributed by atoms with Gasteiger partial charge >= 0.3 is 0 Å². The third-order valence-electron chi connectivity index (χ3n) is 4.78. The maximum Gasteiger partial charge on any atom is 0.291 e. The van der Waals surface area contributed by atoms with E-state index >= 15 is 0 Å². The number of imidazole rings is 1. The molecule has 8 heteroatoms. The number of hydrogen-bond donors (Lipinski definition) is 2. The number of anilines is 1. The molecule has 0 bridgehead atoms. The molecule has 0 spiro atoms. The first-order chi connectivity index (χ1) is 15.6. The number of ether oxygens (including phenoxy) is 1. The van der Waals surface area contributed by atoms with E-state index in [1.807, 2.05) is 42.0 Å². The first kappa shape index (κ1) is 20.9. The van der Waals surface area contributed by atoms with Crippen LogP contribution in [0, 0.1) is 0 Å². The molecule has 2 amide bonds. The van der Waals surface area contributed by atoms with Gasteiger partial charge in [0, 0.05) is 29.8 Å². The molecule has 2 aromatic carbocycles. The minimum absolute atomic E-state index is 0.146. The van der Waals surface area contributed by atoms with Gasteiger partial charge in [0.25, 0.3) is 11.8 Å². The van der Waals surface area contributed by atoms with Gasteiger partial charge in [0.05, 0.1) is 18.6 Å². The Morgan fingerprint density at radius 3 is 2.69 bits per heavy atom. The zero-order valence-corrected chi connectivity index (χ0v) is 17.4. The monoisotopic (exact) mass is 430 g/mol. The van der Waals surface area contributed by atoms with Gasteiger partial charge in [-0.1, -0.05) is 18.2 Å². The Hall–Kier alpha value is -4.33. The van der Waals surface area contributed by atoms with Crippen molar-refractivity contribution in [2.75, 3.05) is 11.9 Å². The summed E-state index contributed by atoms with van der Waals surface area (Å²) in [5.41, 5.74) is 2.51. The zero-order chi connectivity index (χ0) is 22.3. The van der Waals surface area contributed by atoms with Crippen molar-refractivity contribution in [1.29, 1.82) is 0 Å². The number of rotatable bonds is 8. The summed E-state index contributed by atoms with van der Waals surface area (Å²) in [6.07, 6.45) is 6.76. The summed E-state index contributed by atoms with van der Waals surface area (Å²) >= 11 is 0. The SMILES string of the molecule is CC(NC(=O)COc1cccc(NC(=O)c2ccco2)c1)c1ccc(-n2ccnc2)cc1. The Kier molecular flexibility index (Phi) is 6.31. The highest BCUT2D eigenvalue weighted by Gasteiger charge is 2.12. The van der Waals surface area contributed by atoms with Crippen molar-refractivity contribution >= 4 is 17.5 Å². The molecule has 4 rings (SSSR count). The van der Waals surface area contributed by atoms with Crippen molar-refractivity contribution in [3.05, 3.63) is 97.0 Å². The second-order valence-corrected chi connectivity index (χ2v) is 7.10. The molecule has 32 heavy (non-hydrogen) atoms. The van der Waals surface area contributed by atoms with Crippen LogP contribution in [-0.2, 0) is 4.79 Å². The molecule has 1 atom stereocenters. The van der Waals surface area contributed by atoms with Crippen LogP contribution in [0.2, 0.25) is 0 Å². The lowest BCUT2D eigenvalue weighted by molar-refractivity contribution is -0.123. The van der Waals surface area contributed by atoms with E-state index in [2.05, 4.69) is 15.6 Å². The third-order valence-corrected chi connectivity index (χ3v) is 4.78. The van der Waals surface area contributed by atoms with Gasteiger partial charge in [-0.3, -0.25) is 9.59 Å². The van der Waals surface area contributed by atoms with Gasteiger partial charge in [0.15, 0.2) is 12.4 Å². The van der Waals surface area contributed by atoms with Gasteiger partial charge < -0.3 is 24.4 Å². The third kappa shape index (κ3) is 5.23. The summed E-state index contributed by atoms with van der Waals surface area (Å²) < 4.78 is 12.6. The van der Waals surface area contributed by atoms with Crippen LogP contribution in [0.25, 0.3) is 5.69 Å². The molecule has 0 radical (unpaired) electrons. The van der Waals surface area contributed by atoms with E-state index in [1.165, 1.54) is 6.26 Å². The maximum atomic E-state index is 12.3. The zero-order valence-electron chi connectivity index (χ0n) is 17.4. The molecule has 8 nitrogen and oxygen atoms in total. The molecule has 2 N–H and O–H groups in total. The van der Waals surface area contributed by atoms with E-state index < -0.39 is 0 Å². The largest absolute Gasteiger partial charge is 0.484 e. The van der Waals surface area contributed by atoms with Gasteiger partial charge in [-0.25, -0.2) is 4.98 Å². The van der Waals surface area contributed by atoms with Crippen LogP contribution in [0.5, 0.6) is 5.75 Å². The van der Waals surface area contributed by atoms with Crippen LogP contribution in [0.1, 0.15) is 29.1 Å². The molecule has 0 aliphatic carbocycles. The molecule has 1 unspecified atom stereocenters. The summed E-state index contributed by atoms with van der Waals surface area (Å²) in [4.78, 5) is 28.5. The summed E-state index contributed by atoms with van der Waals surface area (Å²) in [5, 5.41) is 5.64. The molecule has 162 valence electrons. The lowest BCUT2D eigenvalue weighted by atomic mass is 10.1. The topological polar surface area (TPSA) is 98.4 Å². The number of aromatic nitrogens is 2. The van der Waals surface area contributed by atoms with Crippen molar-refractivity contribution < 1.29 is 18.7 Å². The Bertz CT molecular complexity index is 1170. The van der Waals surface area contributed by atoms with Crippen LogP contribution in [0.15, 0.2) is 90.1 Å². The van der Waals surface area contributed by atoms with Crippen LogP contribution >= 0.6 is 0 Å². The predicted molar refractivity (Wildman–Crippen MR) is 119 cm³/mol. The average Bonchev–Trinajstić information content (AvgIpc) is 3.53. The van der Waals surface area contributed by atoms with Gasteiger partial charge in [-0.2, -0.15) is 0 Å².